The second-order valence-corrected chi connectivity index (χ2v) is 8.71. The Hall–Kier alpha value is -2.62. The van der Waals surface area contributed by atoms with E-state index in [-0.39, 0.29) is 18.4 Å². The van der Waals surface area contributed by atoms with Crippen molar-refractivity contribution >= 4 is 17.9 Å². The Labute approximate surface area is 202 Å². The third-order valence-electron chi connectivity index (χ3n) is 6.56. The molecular weight excluding hydrogens is 436 g/mol. The Kier molecular flexibility index (Phi) is 10.2. The number of carbonyl (C=O) groups is 2. The van der Waals surface area contributed by atoms with Crippen LogP contribution in [0.4, 0.5) is 0 Å². The summed E-state index contributed by atoms with van der Waals surface area (Å²) in [5.74, 6) is 0.875. The van der Waals surface area contributed by atoms with Gasteiger partial charge in [-0.1, -0.05) is 6.07 Å². The van der Waals surface area contributed by atoms with Gasteiger partial charge >= 0.3 is 0 Å². The fourth-order valence-corrected chi connectivity index (χ4v) is 4.32. The number of carbonyl (C=O) groups excluding carboxylic acids is 2. The van der Waals surface area contributed by atoms with Crippen molar-refractivity contribution in [3.05, 3.63) is 29.8 Å². The second-order valence-electron chi connectivity index (χ2n) is 8.71. The van der Waals surface area contributed by atoms with Crippen molar-refractivity contribution < 1.29 is 23.8 Å². The van der Waals surface area contributed by atoms with Crippen LogP contribution in [0.15, 0.2) is 24.3 Å². The summed E-state index contributed by atoms with van der Waals surface area (Å²) in [6, 6.07) is 5.89. The molecule has 2 amide bonds. The van der Waals surface area contributed by atoms with Crippen LogP contribution in [0.25, 0.3) is 6.08 Å². The number of nitrogens with one attached hydrogen (secondary N) is 1. The smallest absolute Gasteiger partial charge is 0.244 e. The molecule has 1 aromatic rings. The minimum atomic E-state index is -0.305. The molecule has 9 heteroatoms. The molecule has 34 heavy (non-hydrogen) atoms. The van der Waals surface area contributed by atoms with Crippen LogP contribution in [-0.4, -0.2) is 113 Å². The minimum absolute atomic E-state index is 0.00659. The highest BCUT2D eigenvalue weighted by Gasteiger charge is 2.25. The predicted octanol–water partition coefficient (Wildman–Crippen LogP) is 1.09. The SMILES string of the molecule is COc1ccc(/C=C/C(=O)NCC(=O)N2CCC(N(C)CCN3CCOCC3)CC2)cc1OC. The van der Waals surface area contributed by atoms with Gasteiger partial charge in [0.15, 0.2) is 11.5 Å². The number of piperidine rings is 1. The van der Waals surface area contributed by atoms with Crippen LogP contribution in [-0.2, 0) is 14.3 Å². The molecule has 0 spiro atoms. The Bertz CT molecular complexity index is 833. The molecule has 2 heterocycles. The number of likely N-dealkylation sites (N-methyl/N-ethyl adjacent to an activating group) is 1. The number of hydrogen-bond acceptors (Lipinski definition) is 7. The van der Waals surface area contributed by atoms with Gasteiger partial charge in [-0.05, 0) is 43.7 Å². The lowest BCUT2D eigenvalue weighted by Gasteiger charge is -2.38. The van der Waals surface area contributed by atoms with Crippen molar-refractivity contribution in [3.63, 3.8) is 0 Å². The number of amides is 2. The first-order chi connectivity index (χ1) is 16.5. The van der Waals surface area contributed by atoms with Gasteiger partial charge in [0.05, 0.1) is 34.0 Å². The predicted molar refractivity (Wildman–Crippen MR) is 131 cm³/mol. The van der Waals surface area contributed by atoms with Crippen molar-refractivity contribution in [2.24, 2.45) is 0 Å². The molecule has 2 fully saturated rings. The fourth-order valence-electron chi connectivity index (χ4n) is 4.32. The largest absolute Gasteiger partial charge is 0.493 e. The Balaban J connectivity index is 1.36. The summed E-state index contributed by atoms with van der Waals surface area (Å²) >= 11 is 0. The van der Waals surface area contributed by atoms with Crippen LogP contribution < -0.4 is 14.8 Å². The van der Waals surface area contributed by atoms with Crippen LogP contribution in [0.5, 0.6) is 11.5 Å². The van der Waals surface area contributed by atoms with Gasteiger partial charge in [-0.2, -0.15) is 0 Å². The molecule has 9 nitrogen and oxygen atoms in total. The lowest BCUT2D eigenvalue weighted by molar-refractivity contribution is -0.133. The number of ether oxygens (including phenoxy) is 3. The van der Waals surface area contributed by atoms with Crippen LogP contribution in [0.3, 0.4) is 0 Å². The normalized spacial score (nSPS) is 17.8. The summed E-state index contributed by atoms with van der Waals surface area (Å²) in [6.45, 7) is 7.21. The number of hydrogen-bond donors (Lipinski definition) is 1. The maximum Gasteiger partial charge on any atom is 0.244 e. The average molecular weight is 475 g/mol. The number of likely N-dealkylation sites (tertiary alicyclic amines) is 1. The molecule has 0 radical (unpaired) electrons. The van der Waals surface area contributed by atoms with Crippen LogP contribution in [0.2, 0.25) is 0 Å². The molecule has 0 saturated carbocycles. The van der Waals surface area contributed by atoms with Gasteiger partial charge < -0.3 is 29.3 Å². The van der Waals surface area contributed by atoms with Crippen LogP contribution in [0, 0.1) is 0 Å². The highest BCUT2D eigenvalue weighted by molar-refractivity contribution is 5.94. The fraction of sp³-hybridized carbons (Fsp3) is 0.600. The van der Waals surface area contributed by atoms with Crippen molar-refractivity contribution in [1.29, 1.82) is 0 Å². The average Bonchev–Trinajstić information content (AvgIpc) is 2.89. The van der Waals surface area contributed by atoms with Gasteiger partial charge in [0, 0.05) is 51.4 Å². The first kappa shape index (κ1) is 26.0. The van der Waals surface area contributed by atoms with E-state index in [1.807, 2.05) is 11.0 Å². The molecule has 0 atom stereocenters. The maximum atomic E-state index is 12.6. The number of morpholine rings is 1. The third kappa shape index (κ3) is 7.72. The summed E-state index contributed by atoms with van der Waals surface area (Å²) in [7, 11) is 5.31. The molecule has 1 aromatic carbocycles. The number of nitrogens with zero attached hydrogens (tertiary/aromatic N) is 3. The zero-order chi connectivity index (χ0) is 24.3. The van der Waals surface area contributed by atoms with E-state index in [2.05, 4.69) is 22.2 Å². The van der Waals surface area contributed by atoms with Gasteiger partial charge in [-0.25, -0.2) is 0 Å². The molecule has 188 valence electrons. The van der Waals surface area contributed by atoms with Crippen molar-refractivity contribution in [3.8, 4) is 11.5 Å². The molecule has 2 aliphatic heterocycles. The van der Waals surface area contributed by atoms with E-state index in [9.17, 15) is 9.59 Å². The van der Waals surface area contributed by atoms with Gasteiger partial charge in [0.2, 0.25) is 11.8 Å². The summed E-state index contributed by atoms with van der Waals surface area (Å²) in [5.41, 5.74) is 0.805. The first-order valence-corrected chi connectivity index (χ1v) is 12.0. The summed E-state index contributed by atoms with van der Waals surface area (Å²) in [4.78, 5) is 31.5. The standard InChI is InChI=1S/C25H38N4O5/c1-27(12-13-28-14-16-34-17-15-28)21-8-10-29(11-9-21)25(31)19-26-24(30)7-5-20-4-6-22(32-2)23(18-20)33-3/h4-7,18,21H,8-17,19H2,1-3H3,(H,26,30)/b7-5+. The van der Waals surface area contributed by atoms with E-state index in [1.54, 1.807) is 32.4 Å². The number of benzene rings is 1. The number of methoxy groups -OCH3 is 2. The zero-order valence-corrected chi connectivity index (χ0v) is 20.6. The van der Waals surface area contributed by atoms with E-state index in [0.29, 0.717) is 17.5 Å². The van der Waals surface area contributed by atoms with Crippen molar-refractivity contribution in [2.75, 3.05) is 80.3 Å². The lowest BCUT2D eigenvalue weighted by Crippen LogP contribution is -2.49. The van der Waals surface area contributed by atoms with Gasteiger partial charge in [0.25, 0.3) is 0 Å². The second kappa shape index (κ2) is 13.3. The highest BCUT2D eigenvalue weighted by Crippen LogP contribution is 2.27. The minimum Gasteiger partial charge on any atom is -0.493 e. The van der Waals surface area contributed by atoms with Crippen molar-refractivity contribution in [1.82, 2.24) is 20.0 Å². The molecule has 0 aliphatic carbocycles. The Morgan fingerprint density at radius 1 is 1.12 bits per heavy atom. The molecule has 0 unspecified atom stereocenters. The molecule has 2 aliphatic rings. The quantitative estimate of drug-likeness (QED) is 0.508. The zero-order valence-electron chi connectivity index (χ0n) is 20.6. The van der Waals surface area contributed by atoms with E-state index in [4.69, 9.17) is 14.2 Å². The van der Waals surface area contributed by atoms with E-state index >= 15 is 0 Å². The topological polar surface area (TPSA) is 83.6 Å². The summed E-state index contributed by atoms with van der Waals surface area (Å²) in [6.07, 6.45) is 5.02. The van der Waals surface area contributed by atoms with Crippen LogP contribution >= 0.6 is 0 Å². The highest BCUT2D eigenvalue weighted by atomic mass is 16.5. The van der Waals surface area contributed by atoms with E-state index in [0.717, 1.165) is 70.9 Å². The lowest BCUT2D eigenvalue weighted by atomic mass is 10.0. The first-order valence-electron chi connectivity index (χ1n) is 12.0. The van der Waals surface area contributed by atoms with Crippen LogP contribution in [0.1, 0.15) is 18.4 Å². The van der Waals surface area contributed by atoms with Gasteiger partial charge in [0.1, 0.15) is 0 Å². The van der Waals surface area contributed by atoms with Crippen molar-refractivity contribution in [2.45, 2.75) is 18.9 Å². The maximum absolute atomic E-state index is 12.6. The molecule has 1 N–H and O–H groups in total. The van der Waals surface area contributed by atoms with E-state index < -0.39 is 0 Å². The molecular formula is C25H38N4O5. The third-order valence-corrected chi connectivity index (χ3v) is 6.56. The molecule has 0 bridgehead atoms. The molecule has 2 saturated heterocycles. The van der Waals surface area contributed by atoms with E-state index in [1.165, 1.54) is 6.08 Å². The van der Waals surface area contributed by atoms with Gasteiger partial charge in [-0.15, -0.1) is 0 Å². The molecule has 3 rings (SSSR count). The molecule has 0 aromatic heterocycles. The summed E-state index contributed by atoms with van der Waals surface area (Å²) in [5, 5.41) is 2.69. The Morgan fingerprint density at radius 2 is 1.82 bits per heavy atom. The number of rotatable bonds is 10. The summed E-state index contributed by atoms with van der Waals surface area (Å²) < 4.78 is 15.9. The van der Waals surface area contributed by atoms with Gasteiger partial charge in [-0.3, -0.25) is 14.5 Å². The Morgan fingerprint density at radius 3 is 2.50 bits per heavy atom. The monoisotopic (exact) mass is 474 g/mol.